The molecule has 0 aromatic heterocycles. The molecule has 6 nitrogen and oxygen atoms in total. The maximum atomic E-state index is 9.58. The van der Waals surface area contributed by atoms with E-state index in [1.807, 2.05) is 0 Å². The van der Waals surface area contributed by atoms with Crippen LogP contribution >= 0.6 is 0 Å². The van der Waals surface area contributed by atoms with E-state index in [0.29, 0.717) is 0 Å². The predicted octanol–water partition coefficient (Wildman–Crippen LogP) is -2.45. The van der Waals surface area contributed by atoms with Gasteiger partial charge in [-0.3, -0.25) is 10.1 Å². The summed E-state index contributed by atoms with van der Waals surface area (Å²) in [5.41, 5.74) is 0. The van der Waals surface area contributed by atoms with E-state index in [0.717, 1.165) is 0 Å². The summed E-state index contributed by atoms with van der Waals surface area (Å²) in [6.45, 7) is -0.817. The number of nitro groups is 1. The summed E-state index contributed by atoms with van der Waals surface area (Å²) in [5, 5.41) is 34.3. The third-order valence-electron chi connectivity index (χ3n) is 0.747. The molecule has 0 fully saturated rings. The average Bonchev–Trinajstić information content (AvgIpc) is 1.84. The Kier molecular flexibility index (Phi) is 7.77. The SMILES string of the molecule is O=[N+]([O-])C(O)C(O)CO.[Na]. The Morgan fingerprint density at radius 1 is 1.50 bits per heavy atom. The van der Waals surface area contributed by atoms with E-state index >= 15 is 0 Å². The largest absolute Gasteiger partial charge is 0.393 e. The molecular weight excluding hydrogens is 153 g/mol. The molecule has 55 valence electrons. The van der Waals surface area contributed by atoms with Crippen LogP contribution in [0.2, 0.25) is 0 Å². The molecule has 0 saturated carbocycles. The smallest absolute Gasteiger partial charge is 0.341 e. The van der Waals surface area contributed by atoms with Crippen LogP contribution in [0.1, 0.15) is 0 Å². The Morgan fingerprint density at radius 3 is 2.00 bits per heavy atom. The van der Waals surface area contributed by atoms with Crippen molar-refractivity contribution in [2.75, 3.05) is 6.61 Å². The quantitative estimate of drug-likeness (QED) is 0.184. The topological polar surface area (TPSA) is 104 Å². The maximum Gasteiger partial charge on any atom is 0.341 e. The Labute approximate surface area is 78.9 Å². The normalized spacial score (nSPS) is 15.1. The first-order chi connectivity index (χ1) is 4.09. The molecule has 3 N–H and O–H groups in total. The van der Waals surface area contributed by atoms with Crippen molar-refractivity contribution in [2.45, 2.75) is 12.3 Å². The third-order valence-corrected chi connectivity index (χ3v) is 0.747. The Hall–Kier alpha value is 0.280. The minimum absolute atomic E-state index is 0. The molecule has 2 atom stereocenters. The summed E-state index contributed by atoms with van der Waals surface area (Å²) in [6, 6.07) is 0. The molecule has 0 heterocycles. The standard InChI is InChI=1S/C3H7NO5.Na/c5-1-2(6)3(7)4(8)9;/h2-3,5-7H,1H2;. The number of rotatable bonds is 3. The average molecular weight is 160 g/mol. The van der Waals surface area contributed by atoms with Crippen molar-refractivity contribution in [2.24, 2.45) is 0 Å². The van der Waals surface area contributed by atoms with Crippen molar-refractivity contribution < 1.29 is 20.2 Å². The molecule has 2 unspecified atom stereocenters. The van der Waals surface area contributed by atoms with Gasteiger partial charge in [-0.25, -0.2) is 0 Å². The summed E-state index contributed by atoms with van der Waals surface area (Å²) < 4.78 is 0. The molecule has 0 aromatic carbocycles. The second-order valence-electron chi connectivity index (χ2n) is 1.45. The molecule has 0 amide bonds. The molecule has 0 saturated heterocycles. The van der Waals surface area contributed by atoms with Gasteiger partial charge in [-0.05, 0) is 0 Å². The first-order valence-electron chi connectivity index (χ1n) is 2.20. The van der Waals surface area contributed by atoms with Gasteiger partial charge in [0.05, 0.1) is 11.5 Å². The van der Waals surface area contributed by atoms with E-state index < -0.39 is 23.9 Å². The van der Waals surface area contributed by atoms with Crippen LogP contribution in [0.25, 0.3) is 0 Å². The van der Waals surface area contributed by atoms with E-state index in [1.54, 1.807) is 0 Å². The Bertz CT molecular complexity index is 109. The van der Waals surface area contributed by atoms with Crippen molar-refractivity contribution in [3.8, 4) is 0 Å². The number of aliphatic hydroxyl groups excluding tert-OH is 3. The summed E-state index contributed by atoms with van der Waals surface area (Å²) in [5.74, 6) is 0. The molecule has 0 rings (SSSR count). The van der Waals surface area contributed by atoms with Crippen LogP contribution in [0.3, 0.4) is 0 Å². The van der Waals surface area contributed by atoms with Gasteiger partial charge in [0.25, 0.3) is 0 Å². The molecular formula is C3H7NNaO5. The van der Waals surface area contributed by atoms with Crippen LogP contribution < -0.4 is 0 Å². The predicted molar refractivity (Wildman–Crippen MR) is 31.8 cm³/mol. The molecule has 0 aliphatic carbocycles. The fraction of sp³-hybridized carbons (Fsp3) is 1.00. The number of aliphatic hydroxyl groups is 3. The molecule has 0 bridgehead atoms. The van der Waals surface area contributed by atoms with Gasteiger partial charge in [-0.2, -0.15) is 0 Å². The van der Waals surface area contributed by atoms with Gasteiger partial charge < -0.3 is 15.3 Å². The van der Waals surface area contributed by atoms with E-state index in [9.17, 15) is 10.1 Å². The summed E-state index contributed by atoms with van der Waals surface area (Å²) in [7, 11) is 0. The molecule has 10 heavy (non-hydrogen) atoms. The van der Waals surface area contributed by atoms with Gasteiger partial charge in [0.15, 0.2) is 6.10 Å². The molecule has 0 aliphatic rings. The minimum atomic E-state index is -2.09. The van der Waals surface area contributed by atoms with Gasteiger partial charge >= 0.3 is 6.23 Å². The minimum Gasteiger partial charge on any atom is -0.393 e. The number of nitrogens with zero attached hydrogens (tertiary/aromatic N) is 1. The zero-order valence-electron chi connectivity index (χ0n) is 5.47. The van der Waals surface area contributed by atoms with Gasteiger partial charge in [0.1, 0.15) is 0 Å². The van der Waals surface area contributed by atoms with Crippen molar-refractivity contribution in [3.63, 3.8) is 0 Å². The fourth-order valence-corrected chi connectivity index (χ4v) is 0.235. The second-order valence-corrected chi connectivity index (χ2v) is 1.45. The third kappa shape index (κ3) is 4.15. The zero-order valence-corrected chi connectivity index (χ0v) is 7.47. The van der Waals surface area contributed by atoms with E-state index in [-0.39, 0.29) is 29.6 Å². The van der Waals surface area contributed by atoms with Gasteiger partial charge in [0.2, 0.25) is 0 Å². The van der Waals surface area contributed by atoms with Crippen LogP contribution in [0.4, 0.5) is 0 Å². The zero-order chi connectivity index (χ0) is 7.44. The monoisotopic (exact) mass is 160 g/mol. The van der Waals surface area contributed by atoms with Crippen molar-refractivity contribution >= 4 is 29.6 Å². The van der Waals surface area contributed by atoms with Crippen LogP contribution in [0.5, 0.6) is 0 Å². The summed E-state index contributed by atoms with van der Waals surface area (Å²) >= 11 is 0. The Morgan fingerprint density at radius 2 is 1.90 bits per heavy atom. The van der Waals surface area contributed by atoms with Crippen molar-refractivity contribution in [1.29, 1.82) is 0 Å². The molecule has 0 aliphatic heterocycles. The molecule has 0 spiro atoms. The molecule has 0 aromatic rings. The molecule has 7 heteroatoms. The van der Waals surface area contributed by atoms with Crippen molar-refractivity contribution in [3.05, 3.63) is 10.1 Å². The fourth-order valence-electron chi connectivity index (χ4n) is 0.235. The van der Waals surface area contributed by atoms with Crippen LogP contribution in [-0.2, 0) is 0 Å². The van der Waals surface area contributed by atoms with E-state index in [4.69, 9.17) is 15.3 Å². The van der Waals surface area contributed by atoms with Gasteiger partial charge in [-0.15, -0.1) is 0 Å². The van der Waals surface area contributed by atoms with Gasteiger partial charge in [0, 0.05) is 29.6 Å². The summed E-state index contributed by atoms with van der Waals surface area (Å²) in [4.78, 5) is 8.50. The van der Waals surface area contributed by atoms with Crippen molar-refractivity contribution in [1.82, 2.24) is 0 Å². The first-order valence-corrected chi connectivity index (χ1v) is 2.20. The number of hydrogen-bond acceptors (Lipinski definition) is 5. The Balaban J connectivity index is 0. The van der Waals surface area contributed by atoms with E-state index in [1.165, 1.54) is 0 Å². The van der Waals surface area contributed by atoms with Crippen LogP contribution in [0.15, 0.2) is 0 Å². The number of hydrogen-bond donors (Lipinski definition) is 3. The summed E-state index contributed by atoms with van der Waals surface area (Å²) in [6.07, 6.45) is -3.78. The van der Waals surface area contributed by atoms with Crippen LogP contribution in [0, 0.1) is 10.1 Å². The van der Waals surface area contributed by atoms with Gasteiger partial charge in [-0.1, -0.05) is 0 Å². The van der Waals surface area contributed by atoms with Crippen LogP contribution in [-0.4, -0.2) is 68.7 Å². The maximum absolute atomic E-state index is 9.58. The molecule has 1 radical (unpaired) electrons. The van der Waals surface area contributed by atoms with E-state index in [2.05, 4.69) is 0 Å². The first kappa shape index (κ1) is 12.9. The second kappa shape index (κ2) is 6.02.